The van der Waals surface area contributed by atoms with Gasteiger partial charge in [-0.1, -0.05) is 0 Å². The molecule has 1 saturated heterocycles. The zero-order valence-corrected chi connectivity index (χ0v) is 11.8. The third kappa shape index (κ3) is 5.95. The van der Waals surface area contributed by atoms with Gasteiger partial charge < -0.3 is 9.08 Å². The maximum atomic E-state index is 8.50. The maximum Gasteiger partial charge on any atom is 0.0650 e. The Balaban J connectivity index is 2.05. The van der Waals surface area contributed by atoms with Crippen LogP contribution in [0.2, 0.25) is 0 Å². The van der Waals surface area contributed by atoms with Gasteiger partial charge in [-0.3, -0.25) is 0 Å². The van der Waals surface area contributed by atoms with Crippen LogP contribution in [0, 0.1) is 17.2 Å². The predicted octanol–water partition coefficient (Wildman–Crippen LogP) is 3.02. The average Bonchev–Trinajstić information content (AvgIpc) is 2.28. The van der Waals surface area contributed by atoms with Crippen molar-refractivity contribution in [3.63, 3.8) is 0 Å². The molecule has 0 N–H and O–H groups in total. The summed E-state index contributed by atoms with van der Waals surface area (Å²) in [5.74, 6) is 0.826. The molecule has 1 fully saturated rings. The molecule has 3 nitrogen and oxygen atoms in total. The zero-order chi connectivity index (χ0) is 10.9. The van der Waals surface area contributed by atoms with Gasteiger partial charge >= 0.3 is 0 Å². The van der Waals surface area contributed by atoms with Crippen LogP contribution in [0.1, 0.15) is 25.7 Å². The summed E-state index contributed by atoms with van der Waals surface area (Å²) in [5, 5.41) is 8.50. The first-order valence-corrected chi connectivity index (χ1v) is 8.64. The topological polar surface area (TPSA) is 36.3 Å². The fourth-order valence-corrected chi connectivity index (χ4v) is 2.65. The predicted molar refractivity (Wildman–Crippen MR) is 71.6 cm³/mol. The number of piperidine rings is 1. The number of hydrogen-bond acceptors (Lipinski definition) is 4. The molecule has 15 heavy (non-hydrogen) atoms. The third-order valence-corrected chi connectivity index (χ3v) is 3.92. The lowest BCUT2D eigenvalue weighted by molar-refractivity contribution is 0.170. The van der Waals surface area contributed by atoms with Crippen molar-refractivity contribution in [3.05, 3.63) is 0 Å². The number of halogens is 1. The standard InChI is InChI=1S/C10H17IN2OS/c11-15-14-9-4-10-2-7-13(8-3-10)6-1-5-12/h10H,1-4,6-9H2. The van der Waals surface area contributed by atoms with E-state index in [0.29, 0.717) is 6.42 Å². The molecule has 1 aliphatic heterocycles. The Morgan fingerprint density at radius 1 is 1.47 bits per heavy atom. The highest BCUT2D eigenvalue weighted by molar-refractivity contribution is 14.2. The summed E-state index contributed by atoms with van der Waals surface area (Å²) in [4.78, 5) is 2.40. The van der Waals surface area contributed by atoms with Gasteiger partial charge in [-0.25, -0.2) is 0 Å². The van der Waals surface area contributed by atoms with Gasteiger partial charge in [0.15, 0.2) is 0 Å². The monoisotopic (exact) mass is 340 g/mol. The Morgan fingerprint density at radius 2 is 2.20 bits per heavy atom. The quantitative estimate of drug-likeness (QED) is 0.423. The van der Waals surface area contributed by atoms with Gasteiger partial charge in [-0.05, 0) is 38.3 Å². The second kappa shape index (κ2) is 8.62. The first kappa shape index (κ1) is 13.6. The highest BCUT2D eigenvalue weighted by atomic mass is 127. The van der Waals surface area contributed by atoms with Crippen molar-refractivity contribution in [2.75, 3.05) is 26.2 Å². The average molecular weight is 340 g/mol. The van der Waals surface area contributed by atoms with Crippen molar-refractivity contribution in [2.24, 2.45) is 5.92 Å². The molecule has 0 bridgehead atoms. The molecule has 0 saturated carbocycles. The SMILES string of the molecule is N#CCCN1CCC(CCOSI)CC1. The van der Waals surface area contributed by atoms with Crippen LogP contribution in [-0.2, 0) is 4.18 Å². The summed E-state index contributed by atoms with van der Waals surface area (Å²) in [5.41, 5.74) is 0. The minimum absolute atomic E-state index is 0.666. The van der Waals surface area contributed by atoms with Crippen LogP contribution >= 0.6 is 30.4 Å². The molecule has 1 rings (SSSR count). The van der Waals surface area contributed by atoms with E-state index in [9.17, 15) is 0 Å². The molecule has 0 aromatic carbocycles. The van der Waals surface area contributed by atoms with Crippen molar-refractivity contribution in [2.45, 2.75) is 25.7 Å². The number of hydrogen-bond donors (Lipinski definition) is 0. The van der Waals surface area contributed by atoms with E-state index in [4.69, 9.17) is 9.44 Å². The van der Waals surface area contributed by atoms with Crippen molar-refractivity contribution < 1.29 is 4.18 Å². The van der Waals surface area contributed by atoms with Gasteiger partial charge in [0.2, 0.25) is 0 Å². The lowest BCUT2D eigenvalue weighted by atomic mass is 9.94. The van der Waals surface area contributed by atoms with Gasteiger partial charge in [0.25, 0.3) is 0 Å². The number of rotatable bonds is 6. The molecule has 0 amide bonds. The minimum atomic E-state index is 0.666. The lowest BCUT2D eigenvalue weighted by Gasteiger charge is -2.31. The van der Waals surface area contributed by atoms with E-state index >= 15 is 0 Å². The van der Waals surface area contributed by atoms with Crippen molar-refractivity contribution in [1.82, 2.24) is 4.90 Å². The molecule has 0 aromatic rings. The normalized spacial score (nSPS) is 18.9. The van der Waals surface area contributed by atoms with Crippen LogP contribution in [0.4, 0.5) is 0 Å². The van der Waals surface area contributed by atoms with E-state index in [2.05, 4.69) is 32.2 Å². The largest absolute Gasteiger partial charge is 0.305 e. The molecule has 0 spiro atoms. The maximum absolute atomic E-state index is 8.50. The van der Waals surface area contributed by atoms with Crippen LogP contribution in [0.15, 0.2) is 0 Å². The van der Waals surface area contributed by atoms with E-state index < -0.39 is 0 Å². The van der Waals surface area contributed by atoms with Crippen LogP contribution < -0.4 is 0 Å². The molecule has 1 aliphatic rings. The lowest BCUT2D eigenvalue weighted by Crippen LogP contribution is -2.34. The minimum Gasteiger partial charge on any atom is -0.305 e. The van der Waals surface area contributed by atoms with Crippen LogP contribution in [0.3, 0.4) is 0 Å². The smallest absolute Gasteiger partial charge is 0.0650 e. The summed E-state index contributed by atoms with van der Waals surface area (Å²) in [7, 11) is 1.43. The van der Waals surface area contributed by atoms with Crippen LogP contribution in [0.5, 0.6) is 0 Å². The van der Waals surface area contributed by atoms with E-state index in [0.717, 1.165) is 32.2 Å². The van der Waals surface area contributed by atoms with Crippen LogP contribution in [0.25, 0.3) is 0 Å². The summed E-state index contributed by atoms with van der Waals surface area (Å²) < 4.78 is 5.27. The fraction of sp³-hybridized carbons (Fsp3) is 0.900. The van der Waals surface area contributed by atoms with Crippen LogP contribution in [-0.4, -0.2) is 31.1 Å². The Hall–Kier alpha value is 0.490. The number of nitriles is 1. The second-order valence-corrected chi connectivity index (χ2v) is 5.31. The summed E-state index contributed by atoms with van der Waals surface area (Å²) >= 11 is 2.16. The zero-order valence-electron chi connectivity index (χ0n) is 8.82. The molecule has 1 heterocycles. The highest BCUT2D eigenvalue weighted by Crippen LogP contribution is 2.22. The van der Waals surface area contributed by atoms with Crippen molar-refractivity contribution in [3.8, 4) is 6.07 Å². The molecular weight excluding hydrogens is 323 g/mol. The molecule has 0 aromatic heterocycles. The second-order valence-electron chi connectivity index (χ2n) is 3.87. The molecule has 5 heteroatoms. The van der Waals surface area contributed by atoms with Crippen molar-refractivity contribution >= 4 is 30.4 Å². The van der Waals surface area contributed by atoms with Crippen molar-refractivity contribution in [1.29, 1.82) is 5.26 Å². The Labute approximate surface area is 108 Å². The Bertz CT molecular complexity index is 202. The van der Waals surface area contributed by atoms with Gasteiger partial charge in [0.1, 0.15) is 0 Å². The number of nitrogens with zero attached hydrogens (tertiary/aromatic N) is 2. The third-order valence-electron chi connectivity index (χ3n) is 2.90. The molecule has 0 atom stereocenters. The molecule has 0 unspecified atom stereocenters. The van der Waals surface area contributed by atoms with E-state index in [-0.39, 0.29) is 0 Å². The molecule has 0 aliphatic carbocycles. The highest BCUT2D eigenvalue weighted by Gasteiger charge is 2.18. The van der Waals surface area contributed by atoms with E-state index in [1.165, 1.54) is 28.5 Å². The van der Waals surface area contributed by atoms with Gasteiger partial charge in [-0.15, -0.1) is 0 Å². The Morgan fingerprint density at radius 3 is 2.80 bits per heavy atom. The van der Waals surface area contributed by atoms with Gasteiger partial charge in [-0.2, -0.15) is 5.26 Å². The Kier molecular flexibility index (Phi) is 7.79. The first-order valence-electron chi connectivity index (χ1n) is 5.36. The first-order chi connectivity index (χ1) is 7.36. The molecule has 0 radical (unpaired) electrons. The summed E-state index contributed by atoms with van der Waals surface area (Å²) in [6.07, 6.45) is 4.38. The van der Waals surface area contributed by atoms with E-state index in [1.54, 1.807) is 0 Å². The molecular formula is C10H17IN2OS. The van der Waals surface area contributed by atoms with Gasteiger partial charge in [0.05, 0.1) is 21.9 Å². The number of likely N-dealkylation sites (tertiary alicyclic amines) is 1. The van der Waals surface area contributed by atoms with E-state index in [1.807, 2.05) is 0 Å². The summed E-state index contributed by atoms with van der Waals surface area (Å²) in [6, 6.07) is 2.20. The fourth-order valence-electron chi connectivity index (χ4n) is 1.95. The summed E-state index contributed by atoms with van der Waals surface area (Å²) in [6.45, 7) is 4.13. The molecule has 86 valence electrons. The van der Waals surface area contributed by atoms with Gasteiger partial charge in [0, 0.05) is 34.2 Å².